The summed E-state index contributed by atoms with van der Waals surface area (Å²) in [6.07, 6.45) is 2.01. The molecule has 2 N–H and O–H groups in total. The van der Waals surface area contributed by atoms with Crippen molar-refractivity contribution in [2.75, 3.05) is 13.7 Å². The zero-order valence-corrected chi connectivity index (χ0v) is 19.9. The summed E-state index contributed by atoms with van der Waals surface area (Å²) in [6, 6.07) is 8.51. The first-order valence-electron chi connectivity index (χ1n) is 10.3. The predicted octanol–water partition coefficient (Wildman–Crippen LogP) is 4.29. The van der Waals surface area contributed by atoms with E-state index in [1.54, 1.807) is 31.3 Å². The fraction of sp³-hybridized carbons (Fsp3) is 0.455. The number of benzene rings is 1. The molecular formula is C22H30N2O5S2. The average molecular weight is 467 g/mol. The van der Waals surface area contributed by atoms with Crippen LogP contribution in [0.2, 0.25) is 0 Å². The second kappa shape index (κ2) is 11.4. The summed E-state index contributed by atoms with van der Waals surface area (Å²) in [7, 11) is -2.44. The fourth-order valence-electron chi connectivity index (χ4n) is 3.03. The van der Waals surface area contributed by atoms with Gasteiger partial charge in [-0.2, -0.15) is 0 Å². The van der Waals surface area contributed by atoms with E-state index < -0.39 is 22.2 Å². The smallest absolute Gasteiger partial charge is 0.421 e. The zero-order chi connectivity index (χ0) is 23.0. The molecule has 0 saturated carbocycles. The first kappa shape index (κ1) is 25.0. The monoisotopic (exact) mass is 466 g/mol. The van der Waals surface area contributed by atoms with E-state index in [4.69, 9.17) is 4.74 Å². The van der Waals surface area contributed by atoms with Crippen LogP contribution in [0.25, 0.3) is 11.1 Å². The topological polar surface area (TPSA) is 102 Å². The number of hydrogen-bond acceptors (Lipinski definition) is 7. The third-order valence-electron chi connectivity index (χ3n) is 4.56. The molecule has 1 aromatic carbocycles. The van der Waals surface area contributed by atoms with Gasteiger partial charge in [-0.25, -0.2) is 17.9 Å². The van der Waals surface area contributed by atoms with Crippen molar-refractivity contribution in [2.45, 2.75) is 50.3 Å². The van der Waals surface area contributed by atoms with E-state index in [9.17, 15) is 18.0 Å². The summed E-state index contributed by atoms with van der Waals surface area (Å²) in [6.45, 7) is 6.22. The number of sulfonamides is 1. The first-order chi connectivity index (χ1) is 14.7. The molecule has 2 rings (SSSR count). The van der Waals surface area contributed by atoms with Gasteiger partial charge in [0.05, 0.1) is 12.6 Å². The van der Waals surface area contributed by atoms with E-state index in [1.165, 1.54) is 0 Å². The van der Waals surface area contributed by atoms with Crippen LogP contribution in [0.1, 0.15) is 50.1 Å². The lowest BCUT2D eigenvalue weighted by Crippen LogP contribution is -2.31. The van der Waals surface area contributed by atoms with Gasteiger partial charge in [-0.05, 0) is 49.1 Å². The Bertz CT molecular complexity index is 999. The molecule has 0 fully saturated rings. The van der Waals surface area contributed by atoms with Crippen molar-refractivity contribution in [3.63, 3.8) is 0 Å². The van der Waals surface area contributed by atoms with E-state index in [1.807, 2.05) is 17.7 Å². The van der Waals surface area contributed by atoms with Crippen molar-refractivity contribution >= 4 is 33.7 Å². The van der Waals surface area contributed by atoms with Gasteiger partial charge >= 0.3 is 6.09 Å². The van der Waals surface area contributed by atoms with Crippen LogP contribution in [0.4, 0.5) is 4.79 Å². The molecule has 1 aromatic heterocycles. The number of thiophene rings is 1. The van der Waals surface area contributed by atoms with Crippen molar-refractivity contribution in [2.24, 2.45) is 5.92 Å². The highest BCUT2D eigenvalue weighted by Crippen LogP contribution is 2.37. The highest BCUT2D eigenvalue weighted by atomic mass is 32.2. The SMILES string of the molecule is CCCCOC(=O)NS(=O)(=O)c1sc(CC(C)C)cc1-c1cccc(C(C=O)NC)c1. The fourth-order valence-corrected chi connectivity index (χ4v) is 5.88. The summed E-state index contributed by atoms with van der Waals surface area (Å²) < 4.78 is 33.1. The molecule has 1 atom stereocenters. The summed E-state index contributed by atoms with van der Waals surface area (Å²) in [4.78, 5) is 24.3. The lowest BCUT2D eigenvalue weighted by Gasteiger charge is -2.12. The van der Waals surface area contributed by atoms with E-state index in [0.717, 1.165) is 34.5 Å². The minimum Gasteiger partial charge on any atom is -0.449 e. The quantitative estimate of drug-likeness (QED) is 0.378. The molecule has 1 heterocycles. The molecule has 9 heteroatoms. The Hall–Kier alpha value is -2.23. The number of unbranched alkanes of at least 4 members (excludes halogenated alkanes) is 1. The molecule has 170 valence electrons. The Balaban J connectivity index is 2.46. The minimum absolute atomic E-state index is 0.0554. The molecular weight excluding hydrogens is 436 g/mol. The number of ether oxygens (including phenoxy) is 1. The maximum atomic E-state index is 13.0. The van der Waals surface area contributed by atoms with E-state index in [2.05, 4.69) is 19.2 Å². The van der Waals surface area contributed by atoms with Crippen molar-refractivity contribution in [1.82, 2.24) is 10.0 Å². The molecule has 1 amide bonds. The highest BCUT2D eigenvalue weighted by molar-refractivity contribution is 7.92. The van der Waals surface area contributed by atoms with Crippen molar-refractivity contribution in [3.05, 3.63) is 40.8 Å². The van der Waals surface area contributed by atoms with Crippen molar-refractivity contribution in [1.29, 1.82) is 0 Å². The van der Waals surface area contributed by atoms with E-state index in [-0.39, 0.29) is 10.8 Å². The van der Waals surface area contributed by atoms with Gasteiger partial charge in [-0.3, -0.25) is 0 Å². The Morgan fingerprint density at radius 2 is 2.00 bits per heavy atom. The number of aldehydes is 1. The van der Waals surface area contributed by atoms with Crippen LogP contribution < -0.4 is 10.0 Å². The number of carbonyl (C=O) groups excluding carboxylic acids is 2. The Labute approximate surface area is 188 Å². The summed E-state index contributed by atoms with van der Waals surface area (Å²) in [5.74, 6) is 0.337. The van der Waals surface area contributed by atoms with Crippen LogP contribution in [-0.2, 0) is 26.0 Å². The normalized spacial score (nSPS) is 12.5. The van der Waals surface area contributed by atoms with Gasteiger partial charge in [-0.15, -0.1) is 11.3 Å². The average Bonchev–Trinajstić information content (AvgIpc) is 3.13. The molecule has 0 aliphatic carbocycles. The lowest BCUT2D eigenvalue weighted by atomic mass is 10.0. The van der Waals surface area contributed by atoms with Crippen molar-refractivity contribution in [3.8, 4) is 11.1 Å². The highest BCUT2D eigenvalue weighted by Gasteiger charge is 2.26. The van der Waals surface area contributed by atoms with Crippen LogP contribution in [0.3, 0.4) is 0 Å². The first-order valence-corrected chi connectivity index (χ1v) is 12.6. The van der Waals surface area contributed by atoms with Crippen LogP contribution >= 0.6 is 11.3 Å². The van der Waals surface area contributed by atoms with E-state index >= 15 is 0 Å². The second-order valence-corrected chi connectivity index (χ2v) is 10.6. The van der Waals surface area contributed by atoms with Crippen LogP contribution in [0, 0.1) is 5.92 Å². The molecule has 0 radical (unpaired) electrons. The molecule has 31 heavy (non-hydrogen) atoms. The molecule has 0 aliphatic rings. The molecule has 7 nitrogen and oxygen atoms in total. The molecule has 1 unspecified atom stereocenters. The van der Waals surface area contributed by atoms with Gasteiger partial charge in [0.2, 0.25) is 0 Å². The number of likely N-dealkylation sites (N-methyl/N-ethyl adjacent to an activating group) is 1. The number of rotatable bonds is 11. The Morgan fingerprint density at radius 1 is 1.26 bits per heavy atom. The third kappa shape index (κ3) is 6.88. The Kier molecular flexibility index (Phi) is 9.21. The van der Waals surface area contributed by atoms with Gasteiger partial charge in [-0.1, -0.05) is 45.4 Å². The molecule has 0 bridgehead atoms. The van der Waals surface area contributed by atoms with Gasteiger partial charge in [0.1, 0.15) is 10.5 Å². The van der Waals surface area contributed by atoms with Gasteiger partial charge in [0.25, 0.3) is 10.0 Å². The summed E-state index contributed by atoms with van der Waals surface area (Å²) in [5.41, 5.74) is 1.88. The molecule has 0 aliphatic heterocycles. The van der Waals surface area contributed by atoms with Crippen LogP contribution in [-0.4, -0.2) is 34.5 Å². The molecule has 2 aromatic rings. The standard InChI is InChI=1S/C22H30N2O5S2/c1-5-6-10-29-22(26)24-31(27,28)21-19(13-18(30-21)11-15(2)3)16-8-7-9-17(12-16)20(14-25)23-4/h7-9,12-15,20,23H,5-6,10-11H2,1-4H3,(H,24,26). The third-order valence-corrected chi connectivity index (χ3v) is 7.56. The van der Waals surface area contributed by atoms with E-state index in [0.29, 0.717) is 29.9 Å². The predicted molar refractivity (Wildman–Crippen MR) is 123 cm³/mol. The minimum atomic E-state index is -4.13. The Morgan fingerprint density at radius 3 is 2.61 bits per heavy atom. The maximum absolute atomic E-state index is 13.0. The molecule has 0 saturated heterocycles. The summed E-state index contributed by atoms with van der Waals surface area (Å²) >= 11 is 1.14. The van der Waals surface area contributed by atoms with Crippen molar-refractivity contribution < 1.29 is 22.7 Å². The number of amides is 1. The van der Waals surface area contributed by atoms with Crippen LogP contribution in [0.15, 0.2) is 34.5 Å². The zero-order valence-electron chi connectivity index (χ0n) is 18.3. The summed E-state index contributed by atoms with van der Waals surface area (Å²) in [5, 5.41) is 2.92. The number of nitrogens with one attached hydrogen (secondary N) is 2. The number of carbonyl (C=O) groups is 2. The van der Waals surface area contributed by atoms with Crippen LogP contribution in [0.5, 0.6) is 0 Å². The largest absolute Gasteiger partial charge is 0.449 e. The van der Waals surface area contributed by atoms with Gasteiger partial charge in [0.15, 0.2) is 0 Å². The molecule has 0 spiro atoms. The maximum Gasteiger partial charge on any atom is 0.421 e. The number of hydrogen-bond donors (Lipinski definition) is 2. The lowest BCUT2D eigenvalue weighted by molar-refractivity contribution is -0.109. The second-order valence-electron chi connectivity index (χ2n) is 7.63. The van der Waals surface area contributed by atoms with Gasteiger partial charge in [0, 0.05) is 10.4 Å². The van der Waals surface area contributed by atoms with Gasteiger partial charge < -0.3 is 14.8 Å².